The van der Waals surface area contributed by atoms with E-state index in [-0.39, 0.29) is 11.4 Å². The molecule has 2 rings (SSSR count). The first-order valence-electron chi connectivity index (χ1n) is 4.66. The van der Waals surface area contributed by atoms with E-state index in [0.717, 1.165) is 6.92 Å². The number of carbonyl (C=O) groups is 2. The average Bonchev–Trinajstić information content (AvgIpc) is 2.88. The third-order valence-corrected chi connectivity index (χ3v) is 2.49. The second-order valence-corrected chi connectivity index (χ2v) is 3.38. The molecule has 0 fully saturated rings. The van der Waals surface area contributed by atoms with Crippen LogP contribution in [0.4, 0.5) is 0 Å². The fourth-order valence-corrected chi connectivity index (χ4v) is 1.67. The number of carbonyl (C=O) groups excluding carboxylic acids is 1. The van der Waals surface area contributed by atoms with Crippen LogP contribution < -0.4 is 0 Å². The molecule has 0 aliphatic heterocycles. The van der Waals surface area contributed by atoms with E-state index in [1.807, 2.05) is 0 Å². The molecule has 17 heavy (non-hydrogen) atoms. The van der Waals surface area contributed by atoms with Crippen molar-refractivity contribution in [3.05, 3.63) is 36.0 Å². The lowest BCUT2D eigenvalue weighted by atomic mass is 9.77. The maximum atomic E-state index is 11.8. The number of ketones is 1. The molecule has 0 amide bonds. The van der Waals surface area contributed by atoms with Crippen molar-refractivity contribution in [2.24, 2.45) is 0 Å². The predicted molar refractivity (Wildman–Crippen MR) is 52.1 cm³/mol. The molecule has 88 valence electrons. The van der Waals surface area contributed by atoms with Gasteiger partial charge < -0.3 is 14.2 Å². The summed E-state index contributed by atoms with van der Waals surface area (Å²) < 4.78 is 9.19. The van der Waals surface area contributed by atoms with Crippen LogP contribution in [0.15, 0.2) is 33.7 Å². The quantitative estimate of drug-likeness (QED) is 0.775. The van der Waals surface area contributed by atoms with Crippen molar-refractivity contribution < 1.29 is 23.7 Å². The molecule has 0 bridgehead atoms. The summed E-state index contributed by atoms with van der Waals surface area (Å²) in [5.41, 5.74) is -2.06. The van der Waals surface area contributed by atoms with Crippen LogP contribution in [0.2, 0.25) is 0 Å². The van der Waals surface area contributed by atoms with Crippen LogP contribution in [0, 0.1) is 0 Å². The van der Waals surface area contributed by atoms with E-state index < -0.39 is 17.2 Å². The summed E-state index contributed by atoms with van der Waals surface area (Å²) in [6.45, 7) is 1.15. The van der Waals surface area contributed by atoms with Crippen LogP contribution in [-0.2, 0) is 15.0 Å². The molecule has 0 unspecified atom stereocenters. The molecule has 0 aromatic carbocycles. The highest BCUT2D eigenvalue weighted by molar-refractivity contribution is 6.10. The summed E-state index contributed by atoms with van der Waals surface area (Å²) in [5.74, 6) is -2.01. The standard InChI is InChI=1S/C10H8N2O5/c1-6(13)10(9(14)15,7-2-4-16-11-7)8-3-5-17-12-8/h2-5H,1H3,(H,14,15). The highest BCUT2D eigenvalue weighted by atomic mass is 16.5. The number of aliphatic carboxylic acids is 1. The number of rotatable bonds is 4. The zero-order valence-corrected chi connectivity index (χ0v) is 8.78. The van der Waals surface area contributed by atoms with Crippen molar-refractivity contribution in [2.75, 3.05) is 0 Å². The van der Waals surface area contributed by atoms with E-state index in [0.29, 0.717) is 0 Å². The van der Waals surface area contributed by atoms with Gasteiger partial charge >= 0.3 is 5.97 Å². The van der Waals surface area contributed by atoms with Crippen molar-refractivity contribution in [2.45, 2.75) is 12.3 Å². The van der Waals surface area contributed by atoms with Gasteiger partial charge in [0.2, 0.25) is 5.41 Å². The van der Waals surface area contributed by atoms with E-state index in [4.69, 9.17) is 0 Å². The van der Waals surface area contributed by atoms with Crippen LogP contribution in [-0.4, -0.2) is 27.2 Å². The highest BCUT2D eigenvalue weighted by Gasteiger charge is 2.51. The Balaban J connectivity index is 2.73. The Morgan fingerprint density at radius 3 is 1.88 bits per heavy atom. The zero-order chi connectivity index (χ0) is 12.5. The molecule has 1 N–H and O–H groups in total. The Morgan fingerprint density at radius 1 is 1.18 bits per heavy atom. The predicted octanol–water partition coefficient (Wildman–Crippen LogP) is 0.622. The van der Waals surface area contributed by atoms with Crippen LogP contribution in [0.3, 0.4) is 0 Å². The largest absolute Gasteiger partial charge is 0.480 e. The zero-order valence-electron chi connectivity index (χ0n) is 8.78. The lowest BCUT2D eigenvalue weighted by Crippen LogP contribution is -2.44. The van der Waals surface area contributed by atoms with Gasteiger partial charge in [0.25, 0.3) is 0 Å². The Labute approximate surface area is 95.0 Å². The third-order valence-electron chi connectivity index (χ3n) is 2.49. The SMILES string of the molecule is CC(=O)C(C(=O)O)(c1ccon1)c1ccon1. The normalized spacial score (nSPS) is 11.4. The summed E-state index contributed by atoms with van der Waals surface area (Å²) in [6.07, 6.45) is 2.38. The molecule has 2 heterocycles. The van der Waals surface area contributed by atoms with E-state index in [1.165, 1.54) is 24.7 Å². The molecule has 0 saturated heterocycles. The van der Waals surface area contributed by atoms with Gasteiger partial charge in [-0.05, 0) is 6.92 Å². The van der Waals surface area contributed by atoms with Crippen LogP contribution in [0.25, 0.3) is 0 Å². The van der Waals surface area contributed by atoms with Gasteiger partial charge in [-0.15, -0.1) is 0 Å². The summed E-state index contributed by atoms with van der Waals surface area (Å²) in [4.78, 5) is 23.2. The number of carboxylic acid groups (broad SMARTS) is 1. The molecule has 0 atom stereocenters. The molecule has 0 aliphatic rings. The minimum atomic E-state index is -1.99. The molecule has 2 aromatic heterocycles. The van der Waals surface area contributed by atoms with Crippen molar-refractivity contribution in [3.8, 4) is 0 Å². The van der Waals surface area contributed by atoms with Crippen molar-refractivity contribution in [3.63, 3.8) is 0 Å². The second kappa shape index (κ2) is 3.85. The number of carboxylic acids is 1. The highest BCUT2D eigenvalue weighted by Crippen LogP contribution is 2.31. The summed E-state index contributed by atoms with van der Waals surface area (Å²) in [6, 6.07) is 2.62. The first-order chi connectivity index (χ1) is 8.10. The molecule has 2 aromatic rings. The smallest absolute Gasteiger partial charge is 0.329 e. The third kappa shape index (κ3) is 1.43. The van der Waals surface area contributed by atoms with Crippen molar-refractivity contribution in [1.29, 1.82) is 0 Å². The van der Waals surface area contributed by atoms with Gasteiger partial charge in [-0.25, -0.2) is 0 Å². The van der Waals surface area contributed by atoms with Gasteiger partial charge in [0.15, 0.2) is 5.78 Å². The molecule has 7 heteroatoms. The minimum absolute atomic E-state index is 0.0357. The number of Topliss-reactive ketones (excluding diaryl/α,β-unsaturated/α-hetero) is 1. The monoisotopic (exact) mass is 236 g/mol. The minimum Gasteiger partial charge on any atom is -0.480 e. The van der Waals surface area contributed by atoms with Gasteiger partial charge in [0.05, 0.1) is 0 Å². The van der Waals surface area contributed by atoms with Crippen LogP contribution in [0.5, 0.6) is 0 Å². The Kier molecular flexibility index (Phi) is 2.51. The molecule has 0 spiro atoms. The van der Waals surface area contributed by atoms with Gasteiger partial charge in [0.1, 0.15) is 23.9 Å². The average molecular weight is 236 g/mol. The first kappa shape index (κ1) is 11.1. The molecular weight excluding hydrogens is 228 g/mol. The fraction of sp³-hybridized carbons (Fsp3) is 0.200. The van der Waals surface area contributed by atoms with Crippen LogP contribution in [0.1, 0.15) is 18.3 Å². The van der Waals surface area contributed by atoms with Gasteiger partial charge in [-0.3, -0.25) is 9.59 Å². The van der Waals surface area contributed by atoms with E-state index in [1.54, 1.807) is 0 Å². The molecular formula is C10H8N2O5. The summed E-state index contributed by atoms with van der Waals surface area (Å²) in [5, 5.41) is 16.4. The first-order valence-corrected chi connectivity index (χ1v) is 4.66. The van der Waals surface area contributed by atoms with E-state index in [9.17, 15) is 14.7 Å². The van der Waals surface area contributed by atoms with Crippen molar-refractivity contribution in [1.82, 2.24) is 10.3 Å². The number of hydrogen-bond acceptors (Lipinski definition) is 6. The van der Waals surface area contributed by atoms with Gasteiger partial charge in [-0.2, -0.15) is 0 Å². The molecule has 0 aliphatic carbocycles. The number of aromatic nitrogens is 2. The lowest BCUT2D eigenvalue weighted by molar-refractivity contribution is -0.146. The Hall–Kier alpha value is -2.44. The lowest BCUT2D eigenvalue weighted by Gasteiger charge is -2.20. The summed E-state index contributed by atoms with van der Waals surface area (Å²) >= 11 is 0. The van der Waals surface area contributed by atoms with E-state index in [2.05, 4.69) is 19.4 Å². The Morgan fingerprint density at radius 2 is 1.65 bits per heavy atom. The van der Waals surface area contributed by atoms with Crippen molar-refractivity contribution >= 4 is 11.8 Å². The second-order valence-electron chi connectivity index (χ2n) is 3.38. The molecule has 0 radical (unpaired) electrons. The van der Waals surface area contributed by atoms with Crippen LogP contribution >= 0.6 is 0 Å². The van der Waals surface area contributed by atoms with E-state index >= 15 is 0 Å². The number of hydrogen-bond donors (Lipinski definition) is 1. The van der Waals surface area contributed by atoms with Gasteiger partial charge in [0, 0.05) is 12.1 Å². The molecule has 7 nitrogen and oxygen atoms in total. The topological polar surface area (TPSA) is 106 Å². The number of nitrogens with zero attached hydrogens (tertiary/aromatic N) is 2. The fourth-order valence-electron chi connectivity index (χ4n) is 1.67. The summed E-state index contributed by atoms with van der Waals surface area (Å²) in [7, 11) is 0. The maximum Gasteiger partial charge on any atom is 0.329 e. The van der Waals surface area contributed by atoms with Gasteiger partial charge in [-0.1, -0.05) is 10.3 Å². The molecule has 0 saturated carbocycles. The maximum absolute atomic E-state index is 11.8. The Bertz CT molecular complexity index is 479.